The highest BCUT2D eigenvalue weighted by molar-refractivity contribution is 5.09. The number of likely N-dealkylation sites (N-methyl/N-ethyl adjacent to an activating group) is 1. The zero-order valence-electron chi connectivity index (χ0n) is 10.6. The van der Waals surface area contributed by atoms with E-state index in [0.717, 1.165) is 19.5 Å². The van der Waals surface area contributed by atoms with Gasteiger partial charge in [-0.05, 0) is 37.1 Å². The molecule has 3 heteroatoms. The topological polar surface area (TPSA) is 42.1 Å². The summed E-state index contributed by atoms with van der Waals surface area (Å²) in [5.41, 5.74) is 7.11. The van der Waals surface area contributed by atoms with Crippen molar-refractivity contribution in [3.8, 4) is 0 Å². The first kappa shape index (κ1) is 13.1. The number of hydrogen-bond donors (Lipinski definition) is 1. The Balaban J connectivity index is 2.52. The van der Waals surface area contributed by atoms with Crippen LogP contribution in [0.4, 0.5) is 0 Å². The highest BCUT2D eigenvalue weighted by atomic mass is 15.1. The SMILES string of the molecule is CC(C)CC(CN)N(C)Cc1ccncc1. The Bertz CT molecular complexity index is 284. The van der Waals surface area contributed by atoms with Crippen LogP contribution in [0.3, 0.4) is 0 Å². The molecule has 0 aromatic carbocycles. The Kier molecular flexibility index (Phi) is 5.43. The number of pyridine rings is 1. The van der Waals surface area contributed by atoms with Gasteiger partial charge in [-0.1, -0.05) is 13.8 Å². The van der Waals surface area contributed by atoms with E-state index in [1.165, 1.54) is 5.56 Å². The molecule has 1 aromatic heterocycles. The highest BCUT2D eigenvalue weighted by Gasteiger charge is 2.14. The molecule has 1 unspecified atom stereocenters. The zero-order valence-corrected chi connectivity index (χ0v) is 10.6. The summed E-state index contributed by atoms with van der Waals surface area (Å²) < 4.78 is 0. The number of nitrogens with two attached hydrogens (primary N) is 1. The lowest BCUT2D eigenvalue weighted by atomic mass is 10.0. The smallest absolute Gasteiger partial charge is 0.0271 e. The Morgan fingerprint density at radius 1 is 1.31 bits per heavy atom. The van der Waals surface area contributed by atoms with E-state index in [2.05, 4.69) is 42.9 Å². The third kappa shape index (κ3) is 4.29. The standard InChI is InChI=1S/C13H23N3/c1-11(2)8-13(9-14)16(3)10-12-4-6-15-7-5-12/h4-7,11,13H,8-10,14H2,1-3H3. The molecule has 3 nitrogen and oxygen atoms in total. The first-order valence-corrected chi connectivity index (χ1v) is 5.92. The summed E-state index contributed by atoms with van der Waals surface area (Å²) in [7, 11) is 2.14. The van der Waals surface area contributed by atoms with Crippen molar-refractivity contribution >= 4 is 0 Å². The van der Waals surface area contributed by atoms with Gasteiger partial charge in [-0.25, -0.2) is 0 Å². The fraction of sp³-hybridized carbons (Fsp3) is 0.615. The highest BCUT2D eigenvalue weighted by Crippen LogP contribution is 2.12. The third-order valence-corrected chi connectivity index (χ3v) is 2.82. The Morgan fingerprint density at radius 2 is 1.94 bits per heavy atom. The molecule has 90 valence electrons. The maximum absolute atomic E-state index is 5.82. The van der Waals surface area contributed by atoms with Crippen molar-refractivity contribution in [2.45, 2.75) is 32.9 Å². The zero-order chi connectivity index (χ0) is 12.0. The number of nitrogens with zero attached hydrogens (tertiary/aromatic N) is 2. The Labute approximate surface area is 98.7 Å². The molecule has 1 heterocycles. The van der Waals surface area contributed by atoms with Gasteiger partial charge in [-0.2, -0.15) is 0 Å². The average Bonchev–Trinajstić information content (AvgIpc) is 2.26. The molecular weight excluding hydrogens is 198 g/mol. The van der Waals surface area contributed by atoms with Crippen molar-refractivity contribution in [1.29, 1.82) is 0 Å². The number of hydrogen-bond acceptors (Lipinski definition) is 3. The molecule has 1 rings (SSSR count). The van der Waals surface area contributed by atoms with Crippen LogP contribution in [0.2, 0.25) is 0 Å². The normalized spacial score (nSPS) is 13.4. The van der Waals surface area contributed by atoms with E-state index >= 15 is 0 Å². The minimum Gasteiger partial charge on any atom is -0.329 e. The summed E-state index contributed by atoms with van der Waals surface area (Å²) >= 11 is 0. The van der Waals surface area contributed by atoms with Crippen LogP contribution >= 0.6 is 0 Å². The van der Waals surface area contributed by atoms with E-state index in [4.69, 9.17) is 5.73 Å². The van der Waals surface area contributed by atoms with Crippen molar-refractivity contribution in [1.82, 2.24) is 9.88 Å². The minimum absolute atomic E-state index is 0.466. The maximum Gasteiger partial charge on any atom is 0.0271 e. The van der Waals surface area contributed by atoms with E-state index in [1.807, 2.05) is 12.4 Å². The van der Waals surface area contributed by atoms with Crippen LogP contribution in [0.5, 0.6) is 0 Å². The van der Waals surface area contributed by atoms with Crippen LogP contribution in [-0.2, 0) is 6.54 Å². The first-order valence-electron chi connectivity index (χ1n) is 5.92. The molecule has 1 atom stereocenters. The lowest BCUT2D eigenvalue weighted by Crippen LogP contribution is -2.38. The van der Waals surface area contributed by atoms with Gasteiger partial charge in [0.1, 0.15) is 0 Å². The van der Waals surface area contributed by atoms with Crippen LogP contribution in [0.15, 0.2) is 24.5 Å². The summed E-state index contributed by atoms with van der Waals surface area (Å²) in [6.07, 6.45) is 4.82. The maximum atomic E-state index is 5.82. The van der Waals surface area contributed by atoms with Crippen molar-refractivity contribution in [2.75, 3.05) is 13.6 Å². The van der Waals surface area contributed by atoms with Crippen LogP contribution in [0.1, 0.15) is 25.8 Å². The molecule has 0 amide bonds. The predicted octanol–water partition coefficient (Wildman–Crippen LogP) is 1.89. The fourth-order valence-electron chi connectivity index (χ4n) is 1.91. The second-order valence-corrected chi connectivity index (χ2v) is 4.79. The molecule has 0 aliphatic heterocycles. The quantitative estimate of drug-likeness (QED) is 0.797. The van der Waals surface area contributed by atoms with Crippen molar-refractivity contribution in [3.63, 3.8) is 0 Å². The molecule has 0 aliphatic rings. The van der Waals surface area contributed by atoms with Crippen molar-refractivity contribution in [3.05, 3.63) is 30.1 Å². The minimum atomic E-state index is 0.466. The molecule has 0 spiro atoms. The molecule has 0 saturated heterocycles. The van der Waals surface area contributed by atoms with Crippen LogP contribution in [-0.4, -0.2) is 29.5 Å². The molecule has 0 fully saturated rings. The van der Waals surface area contributed by atoms with Crippen LogP contribution < -0.4 is 5.73 Å². The number of aromatic nitrogens is 1. The van der Waals surface area contributed by atoms with Crippen molar-refractivity contribution in [2.24, 2.45) is 11.7 Å². The molecule has 0 bridgehead atoms. The lowest BCUT2D eigenvalue weighted by Gasteiger charge is -2.28. The first-order chi connectivity index (χ1) is 7.63. The summed E-state index contributed by atoms with van der Waals surface area (Å²) in [4.78, 5) is 6.35. The molecule has 0 saturated carbocycles. The molecular formula is C13H23N3. The van der Waals surface area contributed by atoms with Gasteiger partial charge in [0.2, 0.25) is 0 Å². The molecule has 1 aromatic rings. The second-order valence-electron chi connectivity index (χ2n) is 4.79. The van der Waals surface area contributed by atoms with Crippen LogP contribution in [0, 0.1) is 5.92 Å². The van der Waals surface area contributed by atoms with Gasteiger partial charge in [-0.3, -0.25) is 9.88 Å². The average molecular weight is 221 g/mol. The summed E-state index contributed by atoms with van der Waals surface area (Å²) in [5, 5.41) is 0. The summed E-state index contributed by atoms with van der Waals surface area (Å²) in [5.74, 6) is 0.688. The Hall–Kier alpha value is -0.930. The molecule has 2 N–H and O–H groups in total. The fourth-order valence-corrected chi connectivity index (χ4v) is 1.91. The van der Waals surface area contributed by atoms with Gasteiger partial charge < -0.3 is 5.73 Å². The van der Waals surface area contributed by atoms with Crippen molar-refractivity contribution < 1.29 is 0 Å². The van der Waals surface area contributed by atoms with Gasteiger partial charge in [0.05, 0.1) is 0 Å². The number of rotatable bonds is 6. The summed E-state index contributed by atoms with van der Waals surface area (Å²) in [6, 6.07) is 4.58. The van der Waals surface area contributed by atoms with Gasteiger partial charge in [0.25, 0.3) is 0 Å². The van der Waals surface area contributed by atoms with E-state index < -0.39 is 0 Å². The van der Waals surface area contributed by atoms with E-state index in [-0.39, 0.29) is 0 Å². The molecule has 0 aliphatic carbocycles. The van der Waals surface area contributed by atoms with E-state index in [9.17, 15) is 0 Å². The summed E-state index contributed by atoms with van der Waals surface area (Å²) in [6.45, 7) is 6.14. The van der Waals surface area contributed by atoms with Gasteiger partial charge in [0.15, 0.2) is 0 Å². The Morgan fingerprint density at radius 3 is 2.44 bits per heavy atom. The predicted molar refractivity (Wildman–Crippen MR) is 68.0 cm³/mol. The van der Waals surface area contributed by atoms with Crippen LogP contribution in [0.25, 0.3) is 0 Å². The van der Waals surface area contributed by atoms with Gasteiger partial charge in [0, 0.05) is 31.5 Å². The lowest BCUT2D eigenvalue weighted by molar-refractivity contribution is 0.210. The van der Waals surface area contributed by atoms with Gasteiger partial charge >= 0.3 is 0 Å². The van der Waals surface area contributed by atoms with E-state index in [0.29, 0.717) is 12.0 Å². The largest absolute Gasteiger partial charge is 0.329 e. The van der Waals surface area contributed by atoms with Gasteiger partial charge in [-0.15, -0.1) is 0 Å². The molecule has 0 radical (unpaired) electrons. The molecule has 16 heavy (non-hydrogen) atoms. The second kappa shape index (κ2) is 6.61. The van der Waals surface area contributed by atoms with E-state index in [1.54, 1.807) is 0 Å². The third-order valence-electron chi connectivity index (χ3n) is 2.82. The monoisotopic (exact) mass is 221 g/mol.